The lowest BCUT2D eigenvalue weighted by Crippen LogP contribution is -1.92. The van der Waals surface area contributed by atoms with Gasteiger partial charge in [-0.15, -0.1) is 0 Å². The third-order valence-corrected chi connectivity index (χ3v) is 0.516. The van der Waals surface area contributed by atoms with Crippen LogP contribution in [0.5, 0.6) is 0 Å². The number of hydrogen-bond donors (Lipinski definition) is 1. The van der Waals surface area contributed by atoms with Crippen LogP contribution in [0.4, 0.5) is 0 Å². The van der Waals surface area contributed by atoms with Gasteiger partial charge in [-0.25, -0.2) is 0 Å². The summed E-state index contributed by atoms with van der Waals surface area (Å²) in [6, 6.07) is 0. The third kappa shape index (κ3) is 3.91. The Hall–Kier alpha value is -0.0900. The van der Waals surface area contributed by atoms with Crippen molar-refractivity contribution in [3.05, 3.63) is 12.7 Å². The topological polar surface area (TPSA) is 54.4 Å². The predicted molar refractivity (Wildman–Crippen MR) is 20.1 cm³/mol. The Morgan fingerprint density at radius 1 is 1.67 bits per heavy atom. The lowest BCUT2D eigenvalue weighted by Gasteiger charge is -1.78. The van der Waals surface area contributed by atoms with Gasteiger partial charge in [0.1, 0.15) is 5.75 Å². The van der Waals surface area contributed by atoms with Crippen LogP contribution in [0.25, 0.3) is 0 Å². The molecule has 0 aliphatic carbocycles. The Morgan fingerprint density at radius 2 is 1.83 bits per heavy atom. The fraction of sp³-hybridized carbons (Fsp3) is 0. The molecular formula is C2H3O3S. The summed E-state index contributed by atoms with van der Waals surface area (Å²) >= 11 is 0. The zero-order valence-electron chi connectivity index (χ0n) is 2.83. The largest absolute Gasteiger partial charge is 0.285 e. The van der Waals surface area contributed by atoms with Crippen molar-refractivity contribution in [2.24, 2.45) is 0 Å². The van der Waals surface area contributed by atoms with Crippen molar-refractivity contribution in [1.82, 2.24) is 0 Å². The Labute approximate surface area is 36.7 Å². The zero-order valence-corrected chi connectivity index (χ0v) is 3.64. The van der Waals surface area contributed by atoms with Crippen LogP contribution >= 0.6 is 0 Å². The smallest absolute Gasteiger partial charge is 0.269 e. The molecule has 0 unspecified atom stereocenters. The summed E-state index contributed by atoms with van der Waals surface area (Å²) in [5.74, 6) is 0.215. The Morgan fingerprint density at radius 3 is 1.83 bits per heavy atom. The molecule has 0 aromatic carbocycles. The molecule has 0 aromatic rings. The van der Waals surface area contributed by atoms with Crippen molar-refractivity contribution in [3.8, 4) is 0 Å². The highest BCUT2D eigenvalue weighted by Gasteiger charge is 1.94. The predicted octanol–water partition coefficient (Wildman–Crippen LogP) is -0.253. The second kappa shape index (κ2) is 1.57. The van der Waals surface area contributed by atoms with E-state index in [1.54, 1.807) is 0 Å². The molecule has 0 fully saturated rings. The normalized spacial score (nSPS) is 11.7. The van der Waals surface area contributed by atoms with Gasteiger partial charge in [-0.3, -0.25) is 4.55 Å². The van der Waals surface area contributed by atoms with Crippen molar-refractivity contribution in [3.63, 3.8) is 0 Å². The number of hydrogen-bond acceptors (Lipinski definition) is 2. The Bertz CT molecular complexity index is 111. The first-order valence-electron chi connectivity index (χ1n) is 1.08. The van der Waals surface area contributed by atoms with Crippen molar-refractivity contribution < 1.29 is 13.0 Å². The van der Waals surface area contributed by atoms with Crippen molar-refractivity contribution >= 4 is 10.1 Å². The van der Waals surface area contributed by atoms with E-state index in [1.807, 2.05) is 0 Å². The van der Waals surface area contributed by atoms with Crippen LogP contribution in [0.15, 0.2) is 0 Å². The van der Waals surface area contributed by atoms with Gasteiger partial charge in [0, 0.05) is 0 Å². The average Bonchev–Trinajstić information content (AvgIpc) is 1.35. The molecule has 35 valence electrons. The van der Waals surface area contributed by atoms with Crippen molar-refractivity contribution in [1.29, 1.82) is 0 Å². The monoisotopic (exact) mass is 107 g/mol. The lowest BCUT2D eigenvalue weighted by molar-refractivity contribution is 0.491. The van der Waals surface area contributed by atoms with E-state index in [-0.39, 0.29) is 5.75 Å². The van der Waals surface area contributed by atoms with Gasteiger partial charge in [0.2, 0.25) is 0 Å². The summed E-state index contributed by atoms with van der Waals surface area (Å²) in [6.07, 6.45) is 0. The van der Waals surface area contributed by atoms with E-state index in [0.717, 1.165) is 0 Å². The van der Waals surface area contributed by atoms with Gasteiger partial charge in [0.25, 0.3) is 10.1 Å². The standard InChI is InChI=1S/C2H3O3S/c1-2-6(3,4)5/h1-2H,(H,3,4,5). The van der Waals surface area contributed by atoms with Gasteiger partial charge in [-0.2, -0.15) is 8.42 Å². The molecule has 0 atom stereocenters. The maximum Gasteiger partial charge on any atom is 0.269 e. The summed E-state index contributed by atoms with van der Waals surface area (Å²) < 4.78 is 26.4. The summed E-state index contributed by atoms with van der Waals surface area (Å²) in [4.78, 5) is 0. The first-order chi connectivity index (χ1) is 2.56. The molecule has 0 rings (SSSR count). The summed E-state index contributed by atoms with van der Waals surface area (Å²) in [7, 11) is -4.01. The summed E-state index contributed by atoms with van der Waals surface area (Å²) in [5, 5.41) is 0. The molecule has 0 aliphatic rings. The quantitative estimate of drug-likeness (QED) is 0.470. The fourth-order valence-corrected chi connectivity index (χ4v) is 0. The van der Waals surface area contributed by atoms with Gasteiger partial charge in [-0.05, 0) is 6.92 Å². The summed E-state index contributed by atoms with van der Waals surface area (Å²) in [5.41, 5.74) is 0. The molecule has 0 aliphatic heterocycles. The van der Waals surface area contributed by atoms with Crippen LogP contribution in [0.3, 0.4) is 0 Å². The Kier molecular flexibility index (Phi) is 1.55. The Balaban J connectivity index is 3.85. The molecule has 0 heterocycles. The lowest BCUT2D eigenvalue weighted by atomic mass is 11.0. The van der Waals surface area contributed by atoms with Crippen LogP contribution in [0.1, 0.15) is 0 Å². The van der Waals surface area contributed by atoms with E-state index < -0.39 is 10.1 Å². The van der Waals surface area contributed by atoms with Crippen molar-refractivity contribution in [2.75, 3.05) is 0 Å². The van der Waals surface area contributed by atoms with Crippen LogP contribution in [0, 0.1) is 12.7 Å². The van der Waals surface area contributed by atoms with E-state index in [4.69, 9.17) is 4.55 Å². The van der Waals surface area contributed by atoms with Gasteiger partial charge >= 0.3 is 0 Å². The summed E-state index contributed by atoms with van der Waals surface area (Å²) in [6.45, 7) is 4.34. The molecule has 0 bridgehead atoms. The molecule has 1 N–H and O–H groups in total. The van der Waals surface area contributed by atoms with Crippen molar-refractivity contribution in [2.45, 2.75) is 0 Å². The van der Waals surface area contributed by atoms with E-state index in [9.17, 15) is 8.42 Å². The van der Waals surface area contributed by atoms with Gasteiger partial charge in [0.15, 0.2) is 0 Å². The second-order valence-electron chi connectivity index (χ2n) is 0.651. The van der Waals surface area contributed by atoms with Gasteiger partial charge in [-0.1, -0.05) is 0 Å². The van der Waals surface area contributed by atoms with Crippen LogP contribution < -0.4 is 0 Å². The molecule has 4 heteroatoms. The molecule has 0 saturated carbocycles. The fourth-order valence-electron chi connectivity index (χ4n) is 0. The maximum atomic E-state index is 9.38. The molecule has 3 radical (unpaired) electrons. The molecule has 0 spiro atoms. The minimum atomic E-state index is -4.01. The molecule has 0 saturated heterocycles. The van der Waals surface area contributed by atoms with E-state index in [0.29, 0.717) is 0 Å². The van der Waals surface area contributed by atoms with Crippen LogP contribution in [0.2, 0.25) is 0 Å². The zero-order chi connectivity index (χ0) is 5.21. The minimum Gasteiger partial charge on any atom is -0.285 e. The molecule has 6 heavy (non-hydrogen) atoms. The average molecular weight is 107 g/mol. The highest BCUT2D eigenvalue weighted by Crippen LogP contribution is 1.81. The van der Waals surface area contributed by atoms with Gasteiger partial charge < -0.3 is 0 Å². The molecule has 0 aromatic heterocycles. The highest BCUT2D eigenvalue weighted by molar-refractivity contribution is 7.87. The molecular weight excluding hydrogens is 104 g/mol. The van der Waals surface area contributed by atoms with Crippen LogP contribution in [-0.2, 0) is 10.1 Å². The minimum absolute atomic E-state index is 0.215. The van der Waals surface area contributed by atoms with E-state index in [2.05, 4.69) is 6.92 Å². The molecule has 0 amide bonds. The third-order valence-electron chi connectivity index (χ3n) is 0.172. The number of rotatable bonds is 1. The highest BCUT2D eigenvalue weighted by atomic mass is 32.2. The molecule has 3 nitrogen and oxygen atoms in total. The maximum absolute atomic E-state index is 9.38. The van der Waals surface area contributed by atoms with E-state index in [1.165, 1.54) is 0 Å². The SMILES string of the molecule is [CH][CH]S(=O)(=O)O. The second-order valence-corrected chi connectivity index (χ2v) is 1.95. The first-order valence-corrected chi connectivity index (χ1v) is 2.59. The van der Waals surface area contributed by atoms with E-state index >= 15 is 0 Å². The first kappa shape index (κ1) is 5.91. The van der Waals surface area contributed by atoms with Crippen LogP contribution in [-0.4, -0.2) is 13.0 Å². The van der Waals surface area contributed by atoms with Gasteiger partial charge in [0.05, 0.1) is 0 Å².